The molecule has 2 nitrogen and oxygen atoms in total. The SMILES string of the molecule is c1ccc(-c2ccc(-c3ccc(N(c4ccc5c(ccc6ccccc65)c4)c4c(-c5ccccc5)cccc4-c4ccccc4)c4c3oc3ccccc34)cc2)cc1. The number of para-hydroxylation sites is 2. The Bertz CT molecular complexity index is 3200. The van der Waals surface area contributed by atoms with E-state index in [-0.39, 0.29) is 0 Å². The van der Waals surface area contributed by atoms with Gasteiger partial charge in [-0.3, -0.25) is 0 Å². The van der Waals surface area contributed by atoms with E-state index in [1.165, 1.54) is 32.7 Å². The second-order valence-electron chi connectivity index (χ2n) is 14.8. The average Bonchev–Trinajstić information content (AvgIpc) is 3.70. The van der Waals surface area contributed by atoms with Gasteiger partial charge in [0, 0.05) is 27.8 Å². The summed E-state index contributed by atoms with van der Waals surface area (Å²) in [5.41, 5.74) is 14.1. The molecule has 0 aliphatic rings. The molecule has 11 rings (SSSR count). The first-order valence-electron chi connectivity index (χ1n) is 19.8. The van der Waals surface area contributed by atoms with Crippen molar-refractivity contribution in [2.24, 2.45) is 0 Å². The molecule has 0 saturated heterocycles. The molecule has 0 amide bonds. The van der Waals surface area contributed by atoms with Crippen LogP contribution >= 0.6 is 0 Å². The number of hydrogen-bond donors (Lipinski definition) is 0. The largest absolute Gasteiger partial charge is 0.455 e. The molecule has 0 N–H and O–H groups in total. The summed E-state index contributed by atoms with van der Waals surface area (Å²) in [5.74, 6) is 0. The van der Waals surface area contributed by atoms with Crippen molar-refractivity contribution >= 4 is 60.5 Å². The molecule has 10 aromatic carbocycles. The van der Waals surface area contributed by atoms with Crippen molar-refractivity contribution in [2.75, 3.05) is 4.90 Å². The van der Waals surface area contributed by atoms with Crippen molar-refractivity contribution in [2.45, 2.75) is 0 Å². The maximum absolute atomic E-state index is 6.94. The first-order valence-corrected chi connectivity index (χ1v) is 19.8. The Labute approximate surface area is 337 Å². The molecule has 0 bridgehead atoms. The number of benzene rings is 10. The molecule has 0 fully saturated rings. The Morgan fingerprint density at radius 1 is 0.328 bits per heavy atom. The molecule has 0 radical (unpaired) electrons. The third kappa shape index (κ3) is 5.74. The Kier molecular flexibility index (Phi) is 8.19. The number of rotatable bonds is 7. The zero-order chi connectivity index (χ0) is 38.4. The second kappa shape index (κ2) is 14.1. The average molecular weight is 740 g/mol. The third-order valence-corrected chi connectivity index (χ3v) is 11.5. The monoisotopic (exact) mass is 739 g/mol. The van der Waals surface area contributed by atoms with Crippen LogP contribution in [-0.2, 0) is 0 Å². The Morgan fingerprint density at radius 3 is 1.57 bits per heavy atom. The Balaban J connectivity index is 1.22. The van der Waals surface area contributed by atoms with Crippen LogP contribution < -0.4 is 4.90 Å². The predicted molar refractivity (Wildman–Crippen MR) is 245 cm³/mol. The molecule has 0 aliphatic heterocycles. The highest BCUT2D eigenvalue weighted by molar-refractivity contribution is 6.18. The summed E-state index contributed by atoms with van der Waals surface area (Å²) in [6.45, 7) is 0. The molecular weight excluding hydrogens is 703 g/mol. The van der Waals surface area contributed by atoms with Crippen LogP contribution in [-0.4, -0.2) is 0 Å². The topological polar surface area (TPSA) is 16.4 Å². The van der Waals surface area contributed by atoms with Crippen LogP contribution in [0.1, 0.15) is 0 Å². The minimum atomic E-state index is 0.858. The molecule has 272 valence electrons. The van der Waals surface area contributed by atoms with E-state index in [0.29, 0.717) is 0 Å². The molecule has 58 heavy (non-hydrogen) atoms. The first kappa shape index (κ1) is 33.6. The summed E-state index contributed by atoms with van der Waals surface area (Å²) in [6.07, 6.45) is 0. The fourth-order valence-electron chi connectivity index (χ4n) is 8.71. The Morgan fingerprint density at radius 2 is 0.862 bits per heavy atom. The number of anilines is 3. The van der Waals surface area contributed by atoms with E-state index >= 15 is 0 Å². The van der Waals surface area contributed by atoms with Crippen LogP contribution in [0.25, 0.3) is 88.0 Å². The van der Waals surface area contributed by atoms with Gasteiger partial charge in [0.2, 0.25) is 0 Å². The van der Waals surface area contributed by atoms with Crippen LogP contribution in [0.3, 0.4) is 0 Å². The summed E-state index contributed by atoms with van der Waals surface area (Å²) >= 11 is 0. The van der Waals surface area contributed by atoms with Gasteiger partial charge < -0.3 is 9.32 Å². The quantitative estimate of drug-likeness (QED) is 0.151. The molecular formula is C56H37NO. The van der Waals surface area contributed by atoms with Gasteiger partial charge in [-0.2, -0.15) is 0 Å². The lowest BCUT2D eigenvalue weighted by Gasteiger charge is -2.31. The maximum atomic E-state index is 6.94. The fourth-order valence-corrected chi connectivity index (χ4v) is 8.71. The summed E-state index contributed by atoms with van der Waals surface area (Å²) < 4.78 is 6.94. The first-order chi connectivity index (χ1) is 28.8. The van der Waals surface area contributed by atoms with E-state index in [1.807, 2.05) is 0 Å². The zero-order valence-corrected chi connectivity index (χ0v) is 31.7. The normalized spacial score (nSPS) is 11.4. The van der Waals surface area contributed by atoms with Crippen LogP contribution in [0, 0.1) is 0 Å². The van der Waals surface area contributed by atoms with Crippen molar-refractivity contribution in [3.05, 3.63) is 224 Å². The highest BCUT2D eigenvalue weighted by atomic mass is 16.3. The van der Waals surface area contributed by atoms with Crippen LogP contribution in [0.15, 0.2) is 229 Å². The summed E-state index contributed by atoms with van der Waals surface area (Å²) in [5, 5.41) is 7.04. The molecule has 0 spiro atoms. The summed E-state index contributed by atoms with van der Waals surface area (Å²) in [4.78, 5) is 2.48. The molecule has 0 atom stereocenters. The van der Waals surface area contributed by atoms with E-state index in [1.54, 1.807) is 0 Å². The molecule has 0 aliphatic carbocycles. The van der Waals surface area contributed by atoms with Crippen molar-refractivity contribution in [3.8, 4) is 44.5 Å². The molecule has 0 saturated carbocycles. The highest BCUT2D eigenvalue weighted by Gasteiger charge is 2.27. The molecule has 1 heterocycles. The number of hydrogen-bond acceptors (Lipinski definition) is 2. The number of fused-ring (bicyclic) bond motifs is 6. The van der Waals surface area contributed by atoms with Gasteiger partial charge in [0.1, 0.15) is 11.2 Å². The van der Waals surface area contributed by atoms with Crippen molar-refractivity contribution in [3.63, 3.8) is 0 Å². The third-order valence-electron chi connectivity index (χ3n) is 11.5. The van der Waals surface area contributed by atoms with E-state index < -0.39 is 0 Å². The number of furan rings is 1. The second-order valence-corrected chi connectivity index (χ2v) is 14.8. The van der Waals surface area contributed by atoms with Gasteiger partial charge in [0.25, 0.3) is 0 Å². The summed E-state index contributed by atoms with van der Waals surface area (Å²) in [7, 11) is 0. The lowest BCUT2D eigenvalue weighted by atomic mass is 9.93. The summed E-state index contributed by atoms with van der Waals surface area (Å²) in [6, 6.07) is 80.7. The lowest BCUT2D eigenvalue weighted by Crippen LogP contribution is -2.13. The Hall–Kier alpha value is -7.68. The predicted octanol–water partition coefficient (Wildman–Crippen LogP) is 16.0. The molecule has 0 unspecified atom stereocenters. The van der Waals surface area contributed by atoms with Gasteiger partial charge in [-0.1, -0.05) is 194 Å². The van der Waals surface area contributed by atoms with Gasteiger partial charge in [0.15, 0.2) is 0 Å². The van der Waals surface area contributed by atoms with E-state index in [0.717, 1.165) is 72.4 Å². The van der Waals surface area contributed by atoms with Gasteiger partial charge >= 0.3 is 0 Å². The van der Waals surface area contributed by atoms with E-state index in [9.17, 15) is 0 Å². The van der Waals surface area contributed by atoms with Crippen LogP contribution in [0.5, 0.6) is 0 Å². The van der Waals surface area contributed by atoms with Gasteiger partial charge in [0.05, 0.1) is 16.8 Å². The fraction of sp³-hybridized carbons (Fsp3) is 0. The lowest BCUT2D eigenvalue weighted by molar-refractivity contribution is 0.670. The van der Waals surface area contributed by atoms with Gasteiger partial charge in [-0.25, -0.2) is 0 Å². The van der Waals surface area contributed by atoms with Crippen molar-refractivity contribution < 1.29 is 4.42 Å². The highest BCUT2D eigenvalue weighted by Crippen LogP contribution is 2.51. The van der Waals surface area contributed by atoms with Gasteiger partial charge in [-0.15, -0.1) is 0 Å². The van der Waals surface area contributed by atoms with E-state index in [2.05, 4.69) is 229 Å². The van der Waals surface area contributed by atoms with Gasteiger partial charge in [-0.05, 0) is 79.7 Å². The molecule has 2 heteroatoms. The minimum absolute atomic E-state index is 0.858. The van der Waals surface area contributed by atoms with Crippen molar-refractivity contribution in [1.82, 2.24) is 0 Å². The smallest absolute Gasteiger partial charge is 0.145 e. The zero-order valence-electron chi connectivity index (χ0n) is 31.7. The van der Waals surface area contributed by atoms with Crippen LogP contribution in [0.4, 0.5) is 17.1 Å². The minimum Gasteiger partial charge on any atom is -0.455 e. The van der Waals surface area contributed by atoms with Crippen molar-refractivity contribution in [1.29, 1.82) is 0 Å². The maximum Gasteiger partial charge on any atom is 0.145 e. The van der Waals surface area contributed by atoms with E-state index in [4.69, 9.17) is 4.42 Å². The number of nitrogens with zero attached hydrogens (tertiary/aromatic N) is 1. The molecule has 11 aromatic rings. The molecule has 1 aromatic heterocycles. The standard InChI is InChI=1S/C56H37NO/c1-4-15-38(16-5-1)39-27-29-43(30-28-39)50-35-36-52(54-51-23-12-13-26-53(51)58-56(50)54)57(45-33-34-47-44(37-45)32-31-42-21-10-11-22-46(42)47)55-48(40-17-6-2-7-18-40)24-14-25-49(55)41-19-8-3-9-20-41/h1-37H. The van der Waals surface area contributed by atoms with Crippen LogP contribution in [0.2, 0.25) is 0 Å².